The largest absolute Gasteiger partial charge is 0.478 e. The monoisotopic (exact) mass is 234 g/mol. The van der Waals surface area contributed by atoms with Crippen molar-refractivity contribution >= 4 is 11.7 Å². The molecule has 0 radical (unpaired) electrons. The third kappa shape index (κ3) is 2.58. The van der Waals surface area contributed by atoms with Gasteiger partial charge in [0.05, 0.1) is 11.3 Å². The van der Waals surface area contributed by atoms with Crippen molar-refractivity contribution in [2.45, 2.75) is 20.8 Å². The summed E-state index contributed by atoms with van der Waals surface area (Å²) in [5, 5.41) is 12.1. The first-order valence-corrected chi connectivity index (χ1v) is 5.37. The van der Waals surface area contributed by atoms with Crippen LogP contribution < -0.4 is 11.1 Å². The summed E-state index contributed by atoms with van der Waals surface area (Å²) in [6, 6.07) is 3.52. The molecule has 0 saturated carbocycles. The molecule has 0 unspecified atom stereocenters. The Bertz CT molecular complexity index is 486. The van der Waals surface area contributed by atoms with Gasteiger partial charge in [-0.1, -0.05) is 6.07 Å². The summed E-state index contributed by atoms with van der Waals surface area (Å²) >= 11 is 0. The van der Waals surface area contributed by atoms with Crippen molar-refractivity contribution < 1.29 is 9.90 Å². The van der Waals surface area contributed by atoms with E-state index in [0.717, 1.165) is 22.4 Å². The summed E-state index contributed by atoms with van der Waals surface area (Å²) in [6.07, 6.45) is 0. The van der Waals surface area contributed by atoms with Crippen LogP contribution >= 0.6 is 0 Å². The fourth-order valence-electron chi connectivity index (χ4n) is 1.90. The van der Waals surface area contributed by atoms with E-state index >= 15 is 0 Å². The lowest BCUT2D eigenvalue weighted by Crippen LogP contribution is -2.13. The Labute approximate surface area is 101 Å². The first-order chi connectivity index (χ1) is 7.88. The highest BCUT2D eigenvalue weighted by atomic mass is 16.4. The van der Waals surface area contributed by atoms with Crippen molar-refractivity contribution in [3.8, 4) is 0 Å². The number of carbonyl (C=O) groups is 1. The SMILES string of the molecule is CN/C(=C(/C)N)c1cc(C(=O)O)c(C)cc1C. The van der Waals surface area contributed by atoms with Gasteiger partial charge in [-0.25, -0.2) is 4.79 Å². The number of carboxylic acid groups (broad SMARTS) is 1. The number of aromatic carboxylic acids is 1. The number of benzene rings is 1. The second kappa shape index (κ2) is 4.91. The molecule has 0 heterocycles. The maximum absolute atomic E-state index is 11.1. The number of nitrogens with two attached hydrogens (primary N) is 1. The van der Waals surface area contributed by atoms with Gasteiger partial charge in [0.1, 0.15) is 0 Å². The van der Waals surface area contributed by atoms with Gasteiger partial charge in [-0.05, 0) is 38.0 Å². The Morgan fingerprint density at radius 3 is 2.18 bits per heavy atom. The normalized spacial score (nSPS) is 12.0. The second-order valence-corrected chi connectivity index (χ2v) is 4.10. The van der Waals surface area contributed by atoms with Crippen LogP contribution in [0.15, 0.2) is 17.8 Å². The van der Waals surface area contributed by atoms with Gasteiger partial charge in [0.2, 0.25) is 0 Å². The van der Waals surface area contributed by atoms with Gasteiger partial charge < -0.3 is 16.2 Å². The van der Waals surface area contributed by atoms with Gasteiger partial charge in [-0.3, -0.25) is 0 Å². The predicted octanol–water partition coefficient (Wildman–Crippen LogP) is 1.87. The minimum atomic E-state index is -0.922. The van der Waals surface area contributed by atoms with Crippen LogP contribution in [-0.4, -0.2) is 18.1 Å². The molecule has 92 valence electrons. The van der Waals surface area contributed by atoms with Crippen molar-refractivity contribution in [1.82, 2.24) is 5.32 Å². The van der Waals surface area contributed by atoms with Gasteiger partial charge in [0.25, 0.3) is 0 Å². The molecule has 0 saturated heterocycles. The number of hydrogen-bond acceptors (Lipinski definition) is 3. The van der Waals surface area contributed by atoms with Gasteiger partial charge in [-0.15, -0.1) is 0 Å². The lowest BCUT2D eigenvalue weighted by Gasteiger charge is -2.14. The Morgan fingerprint density at radius 1 is 1.24 bits per heavy atom. The molecule has 4 N–H and O–H groups in total. The van der Waals surface area contributed by atoms with Gasteiger partial charge in [-0.2, -0.15) is 0 Å². The van der Waals surface area contributed by atoms with Crippen LogP contribution in [0.25, 0.3) is 5.70 Å². The molecule has 0 aliphatic rings. The third-order valence-corrected chi connectivity index (χ3v) is 2.72. The average molecular weight is 234 g/mol. The predicted molar refractivity (Wildman–Crippen MR) is 68.7 cm³/mol. The van der Waals surface area contributed by atoms with Gasteiger partial charge >= 0.3 is 5.97 Å². The highest BCUT2D eigenvalue weighted by Crippen LogP contribution is 2.22. The minimum absolute atomic E-state index is 0.305. The molecule has 0 aliphatic heterocycles. The zero-order valence-corrected chi connectivity index (χ0v) is 10.6. The molecular weight excluding hydrogens is 216 g/mol. The van der Waals surface area contributed by atoms with E-state index in [1.165, 1.54) is 0 Å². The molecule has 1 aromatic rings. The first-order valence-electron chi connectivity index (χ1n) is 5.37. The fourth-order valence-corrected chi connectivity index (χ4v) is 1.90. The smallest absolute Gasteiger partial charge is 0.335 e. The molecule has 0 atom stereocenters. The molecule has 0 aromatic heterocycles. The standard InChI is InChI=1S/C13H18N2O2/c1-7-5-8(2)11(13(16)17)6-10(7)12(15-4)9(3)14/h5-6,15H,14H2,1-4H3,(H,16,17)/b12-9-. The van der Waals surface area contributed by atoms with Crippen molar-refractivity contribution in [3.63, 3.8) is 0 Å². The van der Waals surface area contributed by atoms with E-state index in [9.17, 15) is 4.79 Å². The van der Waals surface area contributed by atoms with E-state index in [2.05, 4.69) is 5.32 Å². The maximum Gasteiger partial charge on any atom is 0.335 e. The summed E-state index contributed by atoms with van der Waals surface area (Å²) in [7, 11) is 1.77. The van der Waals surface area contributed by atoms with Crippen LogP contribution in [0.1, 0.15) is 34.0 Å². The molecule has 0 aliphatic carbocycles. The summed E-state index contributed by atoms with van der Waals surface area (Å²) in [5.41, 5.74) is 10.1. The van der Waals surface area contributed by atoms with E-state index in [0.29, 0.717) is 11.3 Å². The van der Waals surface area contributed by atoms with E-state index in [1.54, 1.807) is 27.0 Å². The lowest BCUT2D eigenvalue weighted by molar-refractivity contribution is 0.0696. The average Bonchev–Trinajstić information content (AvgIpc) is 2.21. The van der Waals surface area contributed by atoms with Crippen molar-refractivity contribution in [2.75, 3.05) is 7.05 Å². The number of allylic oxidation sites excluding steroid dienone is 1. The second-order valence-electron chi connectivity index (χ2n) is 4.10. The zero-order chi connectivity index (χ0) is 13.2. The van der Waals surface area contributed by atoms with E-state index in [1.807, 2.05) is 13.0 Å². The van der Waals surface area contributed by atoms with Crippen LogP contribution in [0.5, 0.6) is 0 Å². The Hall–Kier alpha value is -1.97. The molecule has 1 rings (SSSR count). The molecule has 1 aromatic carbocycles. The molecule has 0 amide bonds. The fraction of sp³-hybridized carbons (Fsp3) is 0.308. The van der Waals surface area contributed by atoms with Crippen molar-refractivity contribution in [1.29, 1.82) is 0 Å². The number of rotatable bonds is 3. The summed E-state index contributed by atoms with van der Waals surface area (Å²) in [4.78, 5) is 11.1. The van der Waals surface area contributed by atoms with Gasteiger partial charge in [0, 0.05) is 18.3 Å². The summed E-state index contributed by atoms with van der Waals surface area (Å²) in [6.45, 7) is 5.51. The highest BCUT2D eigenvalue weighted by molar-refractivity contribution is 5.91. The van der Waals surface area contributed by atoms with Crippen LogP contribution in [0.3, 0.4) is 0 Å². The summed E-state index contributed by atoms with van der Waals surface area (Å²) in [5.74, 6) is -0.922. The zero-order valence-electron chi connectivity index (χ0n) is 10.6. The van der Waals surface area contributed by atoms with Crippen LogP contribution in [0.4, 0.5) is 0 Å². The maximum atomic E-state index is 11.1. The molecule has 4 heteroatoms. The quantitative estimate of drug-likeness (QED) is 0.746. The first kappa shape index (κ1) is 13.1. The van der Waals surface area contributed by atoms with Crippen LogP contribution in [0.2, 0.25) is 0 Å². The Kier molecular flexibility index (Phi) is 3.78. The molecule has 0 spiro atoms. The molecule has 0 bridgehead atoms. The molecule has 17 heavy (non-hydrogen) atoms. The Morgan fingerprint density at radius 2 is 1.76 bits per heavy atom. The van der Waals surface area contributed by atoms with Crippen molar-refractivity contribution in [3.05, 3.63) is 40.1 Å². The number of carboxylic acids is 1. The number of nitrogens with one attached hydrogen (secondary N) is 1. The van der Waals surface area contributed by atoms with E-state index in [-0.39, 0.29) is 0 Å². The lowest BCUT2D eigenvalue weighted by atomic mass is 9.97. The van der Waals surface area contributed by atoms with Crippen molar-refractivity contribution in [2.24, 2.45) is 5.73 Å². The van der Waals surface area contributed by atoms with E-state index in [4.69, 9.17) is 10.8 Å². The topological polar surface area (TPSA) is 75.3 Å². The molecule has 0 fully saturated rings. The highest BCUT2D eigenvalue weighted by Gasteiger charge is 2.13. The van der Waals surface area contributed by atoms with Crippen LogP contribution in [0, 0.1) is 13.8 Å². The molecular formula is C13H18N2O2. The third-order valence-electron chi connectivity index (χ3n) is 2.72. The number of hydrogen-bond donors (Lipinski definition) is 3. The van der Waals surface area contributed by atoms with Crippen LogP contribution in [-0.2, 0) is 0 Å². The molecule has 4 nitrogen and oxygen atoms in total. The Balaban J connectivity index is 3.50. The van der Waals surface area contributed by atoms with Gasteiger partial charge in [0.15, 0.2) is 0 Å². The van der Waals surface area contributed by atoms with E-state index < -0.39 is 5.97 Å². The summed E-state index contributed by atoms with van der Waals surface area (Å²) < 4.78 is 0. The minimum Gasteiger partial charge on any atom is -0.478 e. The number of aryl methyl sites for hydroxylation is 2.